The van der Waals surface area contributed by atoms with Gasteiger partial charge in [-0.3, -0.25) is 4.79 Å². The third kappa shape index (κ3) is 6.70. The van der Waals surface area contributed by atoms with E-state index in [-0.39, 0.29) is 11.3 Å². The van der Waals surface area contributed by atoms with Crippen molar-refractivity contribution in [1.82, 2.24) is 5.32 Å². The largest absolute Gasteiger partial charge is 0.355 e. The molecule has 0 fully saturated rings. The molecule has 0 aromatic heterocycles. The molecule has 0 rings (SSSR count). The summed E-state index contributed by atoms with van der Waals surface area (Å²) in [7, 11) is 0. The summed E-state index contributed by atoms with van der Waals surface area (Å²) in [6.07, 6.45) is 3.51. The highest BCUT2D eigenvalue weighted by atomic mass is 16.1. The van der Waals surface area contributed by atoms with Crippen LogP contribution in [0.2, 0.25) is 0 Å². The zero-order valence-electron chi connectivity index (χ0n) is 9.89. The van der Waals surface area contributed by atoms with Gasteiger partial charge in [0, 0.05) is 13.0 Å². The molecule has 14 heavy (non-hydrogen) atoms. The van der Waals surface area contributed by atoms with Gasteiger partial charge in [0.2, 0.25) is 5.91 Å². The van der Waals surface area contributed by atoms with Crippen LogP contribution in [-0.2, 0) is 4.79 Å². The highest BCUT2D eigenvalue weighted by molar-refractivity contribution is 5.76. The van der Waals surface area contributed by atoms with E-state index in [4.69, 9.17) is 0 Å². The Morgan fingerprint density at radius 1 is 1.50 bits per heavy atom. The summed E-state index contributed by atoms with van der Waals surface area (Å²) in [5.41, 5.74) is 0.0694. The lowest BCUT2D eigenvalue weighted by molar-refractivity contribution is -0.122. The van der Waals surface area contributed by atoms with Gasteiger partial charge in [-0.1, -0.05) is 33.8 Å². The molecule has 0 radical (unpaired) electrons. The van der Waals surface area contributed by atoms with Crippen molar-refractivity contribution >= 4 is 5.91 Å². The van der Waals surface area contributed by atoms with Crippen LogP contribution in [0.1, 0.15) is 40.5 Å². The van der Waals surface area contributed by atoms with Gasteiger partial charge in [-0.2, -0.15) is 0 Å². The van der Waals surface area contributed by atoms with E-state index in [0.717, 1.165) is 13.0 Å². The standard InChI is InChI=1S/C12H23NO/c1-6-10(7-2)9-13-11(14)8-12(3,4)5/h6,10H,1,7-9H2,2-5H3,(H,13,14). The SMILES string of the molecule is C=CC(CC)CNC(=O)CC(C)(C)C. The summed E-state index contributed by atoms with van der Waals surface area (Å²) in [5, 5.41) is 2.93. The van der Waals surface area contributed by atoms with Crippen molar-refractivity contribution in [3.63, 3.8) is 0 Å². The second kappa shape index (κ2) is 5.84. The van der Waals surface area contributed by atoms with Crippen LogP contribution in [0.5, 0.6) is 0 Å². The minimum absolute atomic E-state index is 0.0694. The molecule has 0 saturated carbocycles. The minimum Gasteiger partial charge on any atom is -0.355 e. The van der Waals surface area contributed by atoms with E-state index >= 15 is 0 Å². The molecule has 0 aliphatic heterocycles. The maximum Gasteiger partial charge on any atom is 0.220 e. The van der Waals surface area contributed by atoms with Gasteiger partial charge in [0.1, 0.15) is 0 Å². The van der Waals surface area contributed by atoms with Crippen molar-refractivity contribution in [2.24, 2.45) is 11.3 Å². The van der Waals surface area contributed by atoms with E-state index in [1.807, 2.05) is 6.08 Å². The van der Waals surface area contributed by atoms with Crippen LogP contribution >= 0.6 is 0 Å². The molecule has 0 aliphatic rings. The second-order valence-corrected chi connectivity index (χ2v) is 4.95. The molecule has 2 nitrogen and oxygen atoms in total. The number of hydrogen-bond donors (Lipinski definition) is 1. The number of carbonyl (C=O) groups excluding carboxylic acids is 1. The lowest BCUT2D eigenvalue weighted by Crippen LogP contribution is -2.31. The first-order valence-electron chi connectivity index (χ1n) is 5.28. The van der Waals surface area contributed by atoms with E-state index in [1.165, 1.54) is 0 Å². The number of nitrogens with one attached hydrogen (secondary N) is 1. The van der Waals surface area contributed by atoms with Crippen molar-refractivity contribution < 1.29 is 4.79 Å². The summed E-state index contributed by atoms with van der Waals surface area (Å²) in [5.74, 6) is 0.539. The summed E-state index contributed by atoms with van der Waals surface area (Å²) in [6.45, 7) is 12.8. The van der Waals surface area contributed by atoms with Crippen LogP contribution in [0.25, 0.3) is 0 Å². The Bertz CT molecular complexity index is 191. The summed E-state index contributed by atoms with van der Waals surface area (Å²) < 4.78 is 0. The zero-order valence-corrected chi connectivity index (χ0v) is 9.89. The van der Waals surface area contributed by atoms with Gasteiger partial charge >= 0.3 is 0 Å². The van der Waals surface area contributed by atoms with Gasteiger partial charge in [0.25, 0.3) is 0 Å². The Balaban J connectivity index is 3.79. The summed E-state index contributed by atoms with van der Waals surface area (Å²) in [6, 6.07) is 0. The summed E-state index contributed by atoms with van der Waals surface area (Å²) in [4.78, 5) is 11.4. The van der Waals surface area contributed by atoms with Gasteiger partial charge in [-0.15, -0.1) is 6.58 Å². The number of amides is 1. The normalized spacial score (nSPS) is 13.4. The van der Waals surface area contributed by atoms with Crippen LogP contribution in [0.4, 0.5) is 0 Å². The molecule has 0 saturated heterocycles. The second-order valence-electron chi connectivity index (χ2n) is 4.95. The van der Waals surface area contributed by atoms with Gasteiger partial charge in [0.15, 0.2) is 0 Å². The third-order valence-electron chi connectivity index (χ3n) is 2.11. The van der Waals surface area contributed by atoms with Crippen LogP contribution in [0.3, 0.4) is 0 Å². The molecule has 0 spiro atoms. The van der Waals surface area contributed by atoms with Crippen LogP contribution in [-0.4, -0.2) is 12.5 Å². The lowest BCUT2D eigenvalue weighted by atomic mass is 9.92. The average molecular weight is 197 g/mol. The van der Waals surface area contributed by atoms with E-state index in [1.54, 1.807) is 0 Å². The monoisotopic (exact) mass is 197 g/mol. The first kappa shape index (κ1) is 13.2. The molecule has 1 amide bonds. The molecule has 2 heteroatoms. The first-order chi connectivity index (χ1) is 6.39. The quantitative estimate of drug-likeness (QED) is 0.675. The van der Waals surface area contributed by atoms with E-state index in [2.05, 4.69) is 39.6 Å². The number of rotatable bonds is 5. The number of hydrogen-bond acceptors (Lipinski definition) is 1. The highest BCUT2D eigenvalue weighted by Gasteiger charge is 2.15. The van der Waals surface area contributed by atoms with Crippen molar-refractivity contribution in [3.05, 3.63) is 12.7 Å². The Morgan fingerprint density at radius 2 is 2.07 bits per heavy atom. The first-order valence-corrected chi connectivity index (χ1v) is 5.28. The van der Waals surface area contributed by atoms with Gasteiger partial charge < -0.3 is 5.32 Å². The Hall–Kier alpha value is -0.790. The van der Waals surface area contributed by atoms with E-state index in [9.17, 15) is 4.79 Å². The zero-order chi connectivity index (χ0) is 11.2. The molecular weight excluding hydrogens is 174 g/mol. The number of carbonyl (C=O) groups is 1. The molecule has 1 atom stereocenters. The molecule has 82 valence electrons. The predicted octanol–water partition coefficient (Wildman–Crippen LogP) is 2.75. The predicted molar refractivity (Wildman–Crippen MR) is 61.1 cm³/mol. The van der Waals surface area contributed by atoms with E-state index in [0.29, 0.717) is 12.3 Å². The fourth-order valence-corrected chi connectivity index (χ4v) is 1.18. The minimum atomic E-state index is 0.0694. The van der Waals surface area contributed by atoms with Crippen molar-refractivity contribution in [2.75, 3.05) is 6.54 Å². The fraction of sp³-hybridized carbons (Fsp3) is 0.750. The molecule has 0 bridgehead atoms. The Morgan fingerprint density at radius 3 is 2.43 bits per heavy atom. The lowest BCUT2D eigenvalue weighted by Gasteiger charge is -2.18. The van der Waals surface area contributed by atoms with Crippen molar-refractivity contribution in [3.8, 4) is 0 Å². The van der Waals surface area contributed by atoms with Gasteiger partial charge in [-0.25, -0.2) is 0 Å². The summed E-state index contributed by atoms with van der Waals surface area (Å²) >= 11 is 0. The molecule has 0 aromatic rings. The Kier molecular flexibility index (Phi) is 5.51. The molecule has 0 heterocycles. The molecule has 0 aromatic carbocycles. The molecule has 1 N–H and O–H groups in total. The van der Waals surface area contributed by atoms with Crippen molar-refractivity contribution in [2.45, 2.75) is 40.5 Å². The average Bonchev–Trinajstić information content (AvgIpc) is 2.03. The maximum atomic E-state index is 11.4. The third-order valence-corrected chi connectivity index (χ3v) is 2.11. The van der Waals surface area contributed by atoms with E-state index < -0.39 is 0 Å². The van der Waals surface area contributed by atoms with Crippen molar-refractivity contribution in [1.29, 1.82) is 0 Å². The van der Waals surface area contributed by atoms with Crippen LogP contribution < -0.4 is 5.32 Å². The smallest absolute Gasteiger partial charge is 0.220 e. The molecular formula is C12H23NO. The van der Waals surface area contributed by atoms with Gasteiger partial charge in [-0.05, 0) is 17.8 Å². The van der Waals surface area contributed by atoms with Crippen LogP contribution in [0.15, 0.2) is 12.7 Å². The molecule has 0 aliphatic carbocycles. The molecule has 1 unspecified atom stereocenters. The highest BCUT2D eigenvalue weighted by Crippen LogP contribution is 2.17. The van der Waals surface area contributed by atoms with Crippen LogP contribution in [0, 0.1) is 11.3 Å². The topological polar surface area (TPSA) is 29.1 Å². The Labute approximate surface area is 87.8 Å². The van der Waals surface area contributed by atoms with Gasteiger partial charge in [0.05, 0.1) is 0 Å². The fourth-order valence-electron chi connectivity index (χ4n) is 1.18. The maximum absolute atomic E-state index is 11.4.